The van der Waals surface area contributed by atoms with Gasteiger partial charge in [0.1, 0.15) is 10.9 Å². The summed E-state index contributed by atoms with van der Waals surface area (Å²) in [6, 6.07) is 22.9. The number of fused-ring (bicyclic) bond motifs is 1. The van der Waals surface area contributed by atoms with Crippen LogP contribution in [0.1, 0.15) is 22.3 Å². The number of para-hydroxylation sites is 1. The zero-order valence-electron chi connectivity index (χ0n) is 20.5. The highest BCUT2D eigenvalue weighted by molar-refractivity contribution is 8.26. The summed E-state index contributed by atoms with van der Waals surface area (Å²) in [5.74, 6) is -0.958. The Bertz CT molecular complexity index is 1470. The number of rotatable bonds is 6. The van der Waals surface area contributed by atoms with E-state index in [9.17, 15) is 14.4 Å². The third-order valence-electron chi connectivity index (χ3n) is 6.44. The fourth-order valence-electron chi connectivity index (χ4n) is 4.49. The van der Waals surface area contributed by atoms with Crippen molar-refractivity contribution in [3.05, 3.63) is 100.0 Å². The zero-order chi connectivity index (χ0) is 26.1. The molecule has 6 nitrogen and oxygen atoms in total. The highest BCUT2D eigenvalue weighted by Gasteiger charge is 2.42. The van der Waals surface area contributed by atoms with Gasteiger partial charge in [-0.25, -0.2) is 0 Å². The molecule has 2 heterocycles. The number of carbonyl (C=O) groups excluding carboxylic acids is 3. The summed E-state index contributed by atoms with van der Waals surface area (Å²) in [4.78, 5) is 43.4. The monoisotopic (exact) mass is 527 g/mol. The molecule has 2 aliphatic rings. The van der Waals surface area contributed by atoms with Crippen LogP contribution in [0.3, 0.4) is 0 Å². The molecule has 0 spiro atoms. The van der Waals surface area contributed by atoms with Gasteiger partial charge in [-0.15, -0.1) is 0 Å². The minimum absolute atomic E-state index is 0.166. The standard InChI is InChI=1S/C29H25N3O3S2/c1-18-12-13-19(2)22(16-18)30-24(33)17-32-23-11-7-6-10-21(23)25(27(32)34)26-28(35)31(29(36)37-26)15-14-20-8-4-3-5-9-20/h3-13,16H,14-15,17H2,1-2H3,(H,30,33)/b26-25-. The molecule has 1 N–H and O–H groups in total. The van der Waals surface area contributed by atoms with E-state index in [0.717, 1.165) is 28.5 Å². The van der Waals surface area contributed by atoms with Crippen molar-refractivity contribution < 1.29 is 14.4 Å². The second kappa shape index (κ2) is 10.3. The van der Waals surface area contributed by atoms with Gasteiger partial charge in [-0.1, -0.05) is 84.6 Å². The second-order valence-corrected chi connectivity index (χ2v) is 10.7. The molecule has 2 aliphatic heterocycles. The van der Waals surface area contributed by atoms with E-state index in [0.29, 0.717) is 44.7 Å². The highest BCUT2D eigenvalue weighted by Crippen LogP contribution is 2.44. The number of hydrogen-bond donors (Lipinski definition) is 1. The third kappa shape index (κ3) is 4.95. The van der Waals surface area contributed by atoms with Crippen LogP contribution in [0.25, 0.3) is 5.57 Å². The van der Waals surface area contributed by atoms with Crippen molar-refractivity contribution >= 4 is 63.0 Å². The molecule has 37 heavy (non-hydrogen) atoms. The predicted molar refractivity (Wildman–Crippen MR) is 152 cm³/mol. The SMILES string of the molecule is Cc1ccc(C)c(NC(=O)CN2C(=O)/C(=C3\SC(=S)N(CCc4ccccc4)C3=O)c3ccccc32)c1. The smallest absolute Gasteiger partial charge is 0.267 e. The first-order valence-electron chi connectivity index (χ1n) is 11.9. The fourth-order valence-corrected chi connectivity index (χ4v) is 5.87. The van der Waals surface area contributed by atoms with Crippen LogP contribution in [0.4, 0.5) is 11.4 Å². The molecule has 0 unspecified atom stereocenters. The van der Waals surface area contributed by atoms with Gasteiger partial charge < -0.3 is 5.32 Å². The number of nitrogens with zero attached hydrogens (tertiary/aromatic N) is 2. The summed E-state index contributed by atoms with van der Waals surface area (Å²) in [7, 11) is 0. The van der Waals surface area contributed by atoms with Crippen molar-refractivity contribution in [3.8, 4) is 0 Å². The molecule has 186 valence electrons. The van der Waals surface area contributed by atoms with E-state index in [1.807, 2.05) is 80.6 Å². The lowest BCUT2D eigenvalue weighted by atomic mass is 10.1. The quantitative estimate of drug-likeness (QED) is 0.357. The third-order valence-corrected chi connectivity index (χ3v) is 7.88. The van der Waals surface area contributed by atoms with Crippen LogP contribution >= 0.6 is 24.0 Å². The molecule has 0 saturated carbocycles. The molecule has 0 bridgehead atoms. The van der Waals surface area contributed by atoms with Crippen LogP contribution in [0.5, 0.6) is 0 Å². The van der Waals surface area contributed by atoms with E-state index >= 15 is 0 Å². The first kappa shape index (κ1) is 24.9. The Labute approximate surface area is 225 Å². The molecule has 3 aromatic rings. The minimum atomic E-state index is -0.374. The first-order chi connectivity index (χ1) is 17.8. The van der Waals surface area contributed by atoms with Gasteiger partial charge in [0.15, 0.2) is 0 Å². The molecular weight excluding hydrogens is 502 g/mol. The average molecular weight is 528 g/mol. The minimum Gasteiger partial charge on any atom is -0.324 e. The summed E-state index contributed by atoms with van der Waals surface area (Å²) < 4.78 is 0.430. The van der Waals surface area contributed by atoms with Gasteiger partial charge >= 0.3 is 0 Å². The molecule has 0 aromatic heterocycles. The summed E-state index contributed by atoms with van der Waals surface area (Å²) in [6.45, 7) is 4.14. The van der Waals surface area contributed by atoms with Crippen LogP contribution in [-0.2, 0) is 20.8 Å². The molecule has 1 saturated heterocycles. The number of hydrogen-bond acceptors (Lipinski definition) is 5. The molecule has 8 heteroatoms. The van der Waals surface area contributed by atoms with Gasteiger partial charge in [0, 0.05) is 17.8 Å². The molecule has 5 rings (SSSR count). The maximum absolute atomic E-state index is 13.7. The topological polar surface area (TPSA) is 69.7 Å². The van der Waals surface area contributed by atoms with Crippen LogP contribution < -0.4 is 10.2 Å². The fraction of sp³-hybridized carbons (Fsp3) is 0.172. The van der Waals surface area contributed by atoms with E-state index in [4.69, 9.17) is 12.2 Å². The Morgan fingerprint density at radius 2 is 1.65 bits per heavy atom. The number of thiocarbonyl (C=S) groups is 1. The van der Waals surface area contributed by atoms with Crippen LogP contribution in [0, 0.1) is 13.8 Å². The average Bonchev–Trinajstić information content (AvgIpc) is 3.32. The predicted octanol–water partition coefficient (Wildman–Crippen LogP) is 5.10. The number of thioether (sulfide) groups is 1. The van der Waals surface area contributed by atoms with Gasteiger partial charge in [0.05, 0.1) is 16.2 Å². The molecule has 0 radical (unpaired) electrons. The van der Waals surface area contributed by atoms with Gasteiger partial charge in [-0.05, 0) is 49.1 Å². The molecule has 3 aromatic carbocycles. The molecular formula is C29H25N3O3S2. The largest absolute Gasteiger partial charge is 0.324 e. The number of nitrogens with one attached hydrogen (secondary N) is 1. The van der Waals surface area contributed by atoms with Crippen molar-refractivity contribution in [1.29, 1.82) is 0 Å². The lowest BCUT2D eigenvalue weighted by Gasteiger charge is -2.17. The Morgan fingerprint density at radius 1 is 0.919 bits per heavy atom. The second-order valence-electron chi connectivity index (χ2n) is 9.04. The van der Waals surface area contributed by atoms with E-state index < -0.39 is 0 Å². The molecule has 1 fully saturated rings. The molecule has 3 amide bonds. The number of carbonyl (C=O) groups is 3. The Morgan fingerprint density at radius 3 is 2.43 bits per heavy atom. The van der Waals surface area contributed by atoms with E-state index in [-0.39, 0.29) is 24.3 Å². The van der Waals surface area contributed by atoms with Crippen LogP contribution in [0.15, 0.2) is 77.7 Å². The van der Waals surface area contributed by atoms with Crippen molar-refractivity contribution in [2.24, 2.45) is 0 Å². The zero-order valence-corrected chi connectivity index (χ0v) is 22.1. The maximum Gasteiger partial charge on any atom is 0.267 e. The number of benzene rings is 3. The summed E-state index contributed by atoms with van der Waals surface area (Å²) >= 11 is 6.67. The van der Waals surface area contributed by atoms with Crippen molar-refractivity contribution in [2.45, 2.75) is 20.3 Å². The number of anilines is 2. The van der Waals surface area contributed by atoms with Gasteiger partial charge in [-0.2, -0.15) is 0 Å². The maximum atomic E-state index is 13.7. The van der Waals surface area contributed by atoms with Crippen molar-refractivity contribution in [2.75, 3.05) is 23.3 Å². The van der Waals surface area contributed by atoms with Gasteiger partial charge in [0.2, 0.25) is 5.91 Å². The van der Waals surface area contributed by atoms with Crippen molar-refractivity contribution in [1.82, 2.24) is 4.90 Å². The highest BCUT2D eigenvalue weighted by atomic mass is 32.2. The van der Waals surface area contributed by atoms with Gasteiger partial charge in [0.25, 0.3) is 11.8 Å². The lowest BCUT2D eigenvalue weighted by molar-refractivity contribution is -0.122. The van der Waals surface area contributed by atoms with E-state index in [2.05, 4.69) is 5.32 Å². The van der Waals surface area contributed by atoms with E-state index in [1.165, 1.54) is 4.90 Å². The summed E-state index contributed by atoms with van der Waals surface area (Å²) in [6.07, 6.45) is 0.658. The molecule has 0 aliphatic carbocycles. The Hall–Kier alpha value is -3.75. The van der Waals surface area contributed by atoms with Crippen LogP contribution in [0.2, 0.25) is 0 Å². The van der Waals surface area contributed by atoms with Crippen LogP contribution in [-0.4, -0.2) is 40.0 Å². The molecule has 0 atom stereocenters. The van der Waals surface area contributed by atoms with Crippen molar-refractivity contribution in [3.63, 3.8) is 0 Å². The normalized spacial score (nSPS) is 17.0. The van der Waals surface area contributed by atoms with E-state index in [1.54, 1.807) is 11.0 Å². The Balaban J connectivity index is 1.40. The summed E-state index contributed by atoms with van der Waals surface area (Å²) in [5, 5.41) is 2.92. The number of aryl methyl sites for hydroxylation is 2. The summed E-state index contributed by atoms with van der Waals surface area (Å²) in [5.41, 5.74) is 5.32. The first-order valence-corrected chi connectivity index (χ1v) is 13.2. The Kier molecular flexibility index (Phi) is 6.95. The van der Waals surface area contributed by atoms with Gasteiger partial charge in [-0.3, -0.25) is 24.2 Å². The lowest BCUT2D eigenvalue weighted by Crippen LogP contribution is -2.36. The number of amides is 3.